The highest BCUT2D eigenvalue weighted by Crippen LogP contribution is 2.36. The number of carbonyl (C=O) groups is 2. The van der Waals surface area contributed by atoms with Gasteiger partial charge in [0, 0.05) is 17.8 Å². The predicted octanol–water partition coefficient (Wildman–Crippen LogP) is 4.51. The number of hydrogen-bond acceptors (Lipinski definition) is 6. The fourth-order valence-electron chi connectivity index (χ4n) is 2.76. The van der Waals surface area contributed by atoms with Crippen LogP contribution in [0.5, 0.6) is 0 Å². The first kappa shape index (κ1) is 23.8. The first-order valence-corrected chi connectivity index (χ1v) is 9.68. The number of esters is 1. The zero-order chi connectivity index (χ0) is 24.2. The fourth-order valence-corrected chi connectivity index (χ4v) is 2.98. The normalized spacial score (nSPS) is 11.1. The third-order valence-corrected chi connectivity index (χ3v) is 4.74. The Kier molecular flexibility index (Phi) is 7.02. The van der Waals surface area contributed by atoms with Crippen molar-refractivity contribution in [2.24, 2.45) is 0 Å². The van der Waals surface area contributed by atoms with Crippen molar-refractivity contribution in [2.45, 2.75) is 12.7 Å². The molecule has 8 nitrogen and oxygen atoms in total. The van der Waals surface area contributed by atoms with Crippen molar-refractivity contribution < 1.29 is 27.5 Å². The van der Waals surface area contributed by atoms with Gasteiger partial charge >= 0.3 is 18.2 Å². The first-order chi connectivity index (χ1) is 15.6. The van der Waals surface area contributed by atoms with Crippen molar-refractivity contribution in [2.75, 3.05) is 18.2 Å². The van der Waals surface area contributed by atoms with Gasteiger partial charge < -0.3 is 21.1 Å². The molecule has 2 aromatic carbocycles. The molecule has 172 valence electrons. The van der Waals surface area contributed by atoms with Gasteiger partial charge in [0.1, 0.15) is 0 Å². The first-order valence-electron chi connectivity index (χ1n) is 9.30. The summed E-state index contributed by atoms with van der Waals surface area (Å²) in [5.74, 6) is -0.766. The maximum absolute atomic E-state index is 12.9. The molecule has 0 spiro atoms. The number of nitrogens with one attached hydrogen (secondary N) is 2. The highest BCUT2D eigenvalue weighted by molar-refractivity contribution is 6.31. The van der Waals surface area contributed by atoms with E-state index in [2.05, 4.69) is 25.3 Å². The lowest BCUT2D eigenvalue weighted by Crippen LogP contribution is -2.28. The van der Waals surface area contributed by atoms with Gasteiger partial charge in [-0.3, -0.25) is 0 Å². The zero-order valence-corrected chi connectivity index (χ0v) is 17.8. The van der Waals surface area contributed by atoms with Crippen LogP contribution in [0.25, 0.3) is 11.3 Å². The molecule has 0 aliphatic rings. The Morgan fingerprint density at radius 3 is 2.48 bits per heavy atom. The quantitative estimate of drug-likeness (QED) is 0.463. The summed E-state index contributed by atoms with van der Waals surface area (Å²) in [6, 6.07) is 9.20. The number of methoxy groups -OCH3 is 1. The van der Waals surface area contributed by atoms with Crippen LogP contribution in [0.3, 0.4) is 0 Å². The number of benzene rings is 2. The van der Waals surface area contributed by atoms with Gasteiger partial charge in [-0.15, -0.1) is 0 Å². The van der Waals surface area contributed by atoms with E-state index in [4.69, 9.17) is 17.3 Å². The number of nitrogens with zero attached hydrogens (tertiary/aromatic N) is 2. The summed E-state index contributed by atoms with van der Waals surface area (Å²) >= 11 is 5.57. The SMILES string of the molecule is COC(=O)c1nc(-c2ccc(CNC(=O)Nc3ccc(Cl)c(C(F)(F)F)c3)cc2)cnc1N. The summed E-state index contributed by atoms with van der Waals surface area (Å²) in [5, 5.41) is 4.42. The molecule has 3 rings (SSSR count). The highest BCUT2D eigenvalue weighted by Gasteiger charge is 2.33. The van der Waals surface area contributed by atoms with Crippen LogP contribution in [0.4, 0.5) is 29.5 Å². The fraction of sp³-hybridized carbons (Fsp3) is 0.143. The summed E-state index contributed by atoms with van der Waals surface area (Å²) in [6.07, 6.45) is -3.23. The molecule has 0 fully saturated rings. The molecule has 0 atom stereocenters. The van der Waals surface area contributed by atoms with E-state index in [-0.39, 0.29) is 23.7 Å². The van der Waals surface area contributed by atoms with Gasteiger partial charge in [-0.05, 0) is 23.8 Å². The molecule has 0 aliphatic carbocycles. The Morgan fingerprint density at radius 1 is 1.15 bits per heavy atom. The Morgan fingerprint density at radius 2 is 1.85 bits per heavy atom. The van der Waals surface area contributed by atoms with Crippen molar-refractivity contribution in [1.82, 2.24) is 15.3 Å². The van der Waals surface area contributed by atoms with E-state index in [1.165, 1.54) is 19.4 Å². The van der Waals surface area contributed by atoms with Crippen LogP contribution in [-0.2, 0) is 17.5 Å². The Bertz CT molecular complexity index is 1190. The molecule has 0 radical (unpaired) electrons. The van der Waals surface area contributed by atoms with Crippen molar-refractivity contribution in [3.05, 3.63) is 70.5 Å². The smallest absolute Gasteiger partial charge is 0.417 e. The van der Waals surface area contributed by atoms with Crippen LogP contribution in [0.1, 0.15) is 21.6 Å². The van der Waals surface area contributed by atoms with Gasteiger partial charge in [0.15, 0.2) is 11.5 Å². The average Bonchev–Trinajstić information content (AvgIpc) is 2.78. The third-order valence-electron chi connectivity index (χ3n) is 4.41. The number of hydrogen-bond donors (Lipinski definition) is 3. The van der Waals surface area contributed by atoms with Gasteiger partial charge in [-0.1, -0.05) is 35.9 Å². The number of rotatable bonds is 5. The van der Waals surface area contributed by atoms with Gasteiger partial charge in [0.25, 0.3) is 0 Å². The molecule has 4 N–H and O–H groups in total. The monoisotopic (exact) mass is 479 g/mol. The maximum atomic E-state index is 12.9. The molecule has 0 aliphatic heterocycles. The second-order valence-electron chi connectivity index (χ2n) is 6.68. The minimum atomic E-state index is -4.64. The van der Waals surface area contributed by atoms with Crippen LogP contribution in [0.15, 0.2) is 48.7 Å². The van der Waals surface area contributed by atoms with E-state index < -0.39 is 28.8 Å². The standard InChI is InChI=1S/C21H17ClF3N5O3/c1-33-19(31)17-18(26)27-10-16(30-17)12-4-2-11(3-5-12)9-28-20(32)29-13-6-7-15(22)14(8-13)21(23,24)25/h2-8,10H,9H2,1H3,(H2,26,27)(H2,28,29,32). The van der Waals surface area contributed by atoms with Gasteiger partial charge in [-0.25, -0.2) is 19.6 Å². The number of anilines is 2. The summed E-state index contributed by atoms with van der Waals surface area (Å²) in [6.45, 7) is 0.104. The molecule has 33 heavy (non-hydrogen) atoms. The lowest BCUT2D eigenvalue weighted by atomic mass is 10.1. The van der Waals surface area contributed by atoms with Crippen molar-refractivity contribution >= 4 is 35.1 Å². The second-order valence-corrected chi connectivity index (χ2v) is 7.08. The van der Waals surface area contributed by atoms with Crippen molar-refractivity contribution in [3.8, 4) is 11.3 Å². The van der Waals surface area contributed by atoms with Crippen LogP contribution in [-0.4, -0.2) is 29.1 Å². The largest absolute Gasteiger partial charge is 0.464 e. The lowest BCUT2D eigenvalue weighted by molar-refractivity contribution is -0.137. The number of alkyl halides is 3. The summed E-state index contributed by atoms with van der Waals surface area (Å²) in [4.78, 5) is 31.9. The van der Waals surface area contributed by atoms with Gasteiger partial charge in [0.2, 0.25) is 0 Å². The second kappa shape index (κ2) is 9.74. The number of nitrogens with two attached hydrogens (primary N) is 1. The van der Waals surface area contributed by atoms with Crippen LogP contribution < -0.4 is 16.4 Å². The van der Waals surface area contributed by atoms with E-state index in [0.29, 0.717) is 16.8 Å². The number of halogens is 4. The molecule has 1 heterocycles. The predicted molar refractivity (Wildman–Crippen MR) is 116 cm³/mol. The number of amides is 2. The topological polar surface area (TPSA) is 119 Å². The summed E-state index contributed by atoms with van der Waals surface area (Å²) in [7, 11) is 1.20. The molecule has 0 saturated heterocycles. The van der Waals surface area contributed by atoms with E-state index in [9.17, 15) is 22.8 Å². The summed E-state index contributed by atoms with van der Waals surface area (Å²) < 4.78 is 43.4. The number of urea groups is 1. The molecule has 1 aromatic heterocycles. The maximum Gasteiger partial charge on any atom is 0.417 e. The molecule has 3 aromatic rings. The van der Waals surface area contributed by atoms with Crippen molar-refractivity contribution in [3.63, 3.8) is 0 Å². The van der Waals surface area contributed by atoms with E-state index in [1.807, 2.05) is 0 Å². The molecular weight excluding hydrogens is 463 g/mol. The van der Waals surface area contributed by atoms with Crippen LogP contribution in [0, 0.1) is 0 Å². The van der Waals surface area contributed by atoms with Crippen molar-refractivity contribution in [1.29, 1.82) is 0 Å². The Labute approximate surface area is 190 Å². The number of aromatic nitrogens is 2. The third kappa shape index (κ3) is 5.89. The lowest BCUT2D eigenvalue weighted by Gasteiger charge is -2.12. The van der Waals surface area contributed by atoms with E-state index in [0.717, 1.165) is 12.1 Å². The van der Waals surface area contributed by atoms with E-state index in [1.54, 1.807) is 24.3 Å². The molecule has 0 bridgehead atoms. The minimum Gasteiger partial charge on any atom is -0.464 e. The molecule has 2 amide bonds. The molecular formula is C21H17ClF3N5O3. The number of nitrogen functional groups attached to an aromatic ring is 1. The summed E-state index contributed by atoms with van der Waals surface area (Å²) in [5.41, 5.74) is 6.19. The Hall–Kier alpha value is -3.86. The average molecular weight is 480 g/mol. The zero-order valence-electron chi connectivity index (χ0n) is 17.0. The van der Waals surface area contributed by atoms with Crippen LogP contribution >= 0.6 is 11.6 Å². The van der Waals surface area contributed by atoms with Crippen LogP contribution in [0.2, 0.25) is 5.02 Å². The Balaban J connectivity index is 1.63. The minimum absolute atomic E-state index is 0.0529. The number of carbonyl (C=O) groups excluding carboxylic acids is 2. The molecule has 0 unspecified atom stereocenters. The number of ether oxygens (including phenoxy) is 1. The molecule has 0 saturated carbocycles. The molecule has 12 heteroatoms. The highest BCUT2D eigenvalue weighted by atomic mass is 35.5. The van der Waals surface area contributed by atoms with Gasteiger partial charge in [0.05, 0.1) is 29.6 Å². The van der Waals surface area contributed by atoms with E-state index >= 15 is 0 Å². The van der Waals surface area contributed by atoms with Gasteiger partial charge in [-0.2, -0.15) is 13.2 Å².